The van der Waals surface area contributed by atoms with Crippen LogP contribution in [0, 0.1) is 28.9 Å². The summed E-state index contributed by atoms with van der Waals surface area (Å²) in [6.45, 7) is 3.12. The van der Waals surface area contributed by atoms with Crippen LogP contribution in [0.5, 0.6) is 0 Å². The first-order valence-electron chi connectivity index (χ1n) is 13.8. The number of amides is 1. The van der Waals surface area contributed by atoms with E-state index in [1.54, 1.807) is 0 Å². The normalized spacial score (nSPS) is 31.0. The molecule has 7 rings (SSSR count). The van der Waals surface area contributed by atoms with Gasteiger partial charge in [0, 0.05) is 55.5 Å². The molecule has 1 aromatic heterocycles. The molecular formula is C30H32F2N6O. The Morgan fingerprint density at radius 1 is 1.18 bits per heavy atom. The quantitative estimate of drug-likeness (QED) is 0.638. The number of fused-ring (bicyclic) bond motifs is 4. The highest BCUT2D eigenvalue weighted by molar-refractivity contribution is 6.23. The maximum atomic E-state index is 14.3. The molecule has 0 radical (unpaired) electrons. The average molecular weight is 531 g/mol. The van der Waals surface area contributed by atoms with Gasteiger partial charge in [-0.3, -0.25) is 14.4 Å². The van der Waals surface area contributed by atoms with E-state index in [9.17, 15) is 13.6 Å². The van der Waals surface area contributed by atoms with Gasteiger partial charge in [-0.05, 0) is 74.8 Å². The summed E-state index contributed by atoms with van der Waals surface area (Å²) in [5, 5.41) is 17.0. The third-order valence-electron chi connectivity index (χ3n) is 9.36. The summed E-state index contributed by atoms with van der Waals surface area (Å²) in [6, 6.07) is 4.01. The molecule has 5 atom stereocenters. The molecule has 2 aliphatic heterocycles. The molecule has 9 heteroatoms. The topological polar surface area (TPSA) is 74.9 Å². The number of nitrogens with one attached hydrogen (secondary N) is 1. The highest BCUT2D eigenvalue weighted by Crippen LogP contribution is 2.41. The first-order valence-corrected chi connectivity index (χ1v) is 13.8. The summed E-state index contributed by atoms with van der Waals surface area (Å²) in [4.78, 5) is 15.6. The predicted octanol–water partition coefficient (Wildman–Crippen LogP) is 3.90. The molecule has 2 aromatic rings. The van der Waals surface area contributed by atoms with Crippen molar-refractivity contribution in [1.29, 1.82) is 0 Å². The van der Waals surface area contributed by atoms with Crippen molar-refractivity contribution in [2.24, 2.45) is 34.5 Å². The van der Waals surface area contributed by atoms with Crippen LogP contribution in [-0.4, -0.2) is 50.6 Å². The number of piperidine rings is 1. The Balaban J connectivity index is 1.06. The lowest BCUT2D eigenvalue weighted by atomic mass is 9.69. The van der Waals surface area contributed by atoms with Crippen molar-refractivity contribution in [1.82, 2.24) is 20.0 Å². The summed E-state index contributed by atoms with van der Waals surface area (Å²) >= 11 is 0. The molecule has 2 fully saturated rings. The van der Waals surface area contributed by atoms with Crippen LogP contribution in [0.25, 0.3) is 0 Å². The van der Waals surface area contributed by atoms with Gasteiger partial charge >= 0.3 is 0 Å². The number of halogens is 2. The van der Waals surface area contributed by atoms with E-state index in [0.29, 0.717) is 11.5 Å². The standard InChI is InChI=1S/C30H32F2N6O/c1-30-13-19(7-9-27(30)34-35-28(30)18-6-8-24-20(12-18)15-37(2)36-24)29(39)33-25-10-17-11-26(25)38(14-17)16-21-22(31)4-3-5-23(21)32/h3-5,7,9,13,15,17-18,25-26H,6,8,10-12,14,16H2,1-2H3,(H,33,39). The molecule has 1 saturated carbocycles. The zero-order valence-corrected chi connectivity index (χ0v) is 22.2. The van der Waals surface area contributed by atoms with E-state index in [2.05, 4.69) is 38.6 Å². The molecule has 3 aliphatic carbocycles. The number of nitrogens with zero attached hydrogens (tertiary/aromatic N) is 5. The molecule has 1 N–H and O–H groups in total. The number of rotatable bonds is 5. The zero-order chi connectivity index (χ0) is 26.9. The highest BCUT2D eigenvalue weighted by Gasteiger charge is 2.47. The van der Waals surface area contributed by atoms with Crippen molar-refractivity contribution in [2.45, 2.75) is 57.7 Å². The lowest BCUT2D eigenvalue weighted by Gasteiger charge is -2.35. The minimum absolute atomic E-state index is 0.0534. The van der Waals surface area contributed by atoms with Gasteiger partial charge in [-0.15, -0.1) is 0 Å². The van der Waals surface area contributed by atoms with Crippen LogP contribution in [-0.2, 0) is 31.2 Å². The molecule has 7 nitrogen and oxygen atoms in total. The summed E-state index contributed by atoms with van der Waals surface area (Å²) in [6.07, 6.45) is 12.4. The van der Waals surface area contributed by atoms with Gasteiger partial charge in [0.25, 0.3) is 5.91 Å². The summed E-state index contributed by atoms with van der Waals surface area (Å²) in [5.74, 6) is -0.496. The zero-order valence-electron chi connectivity index (χ0n) is 22.2. The second-order valence-corrected chi connectivity index (χ2v) is 11.9. The predicted molar refractivity (Wildman–Crippen MR) is 144 cm³/mol. The van der Waals surface area contributed by atoms with Crippen molar-refractivity contribution in [3.63, 3.8) is 0 Å². The minimum atomic E-state index is -0.520. The number of likely N-dealkylation sites (tertiary alicyclic amines) is 1. The van der Waals surface area contributed by atoms with Crippen LogP contribution < -0.4 is 5.32 Å². The summed E-state index contributed by atoms with van der Waals surface area (Å²) in [5.41, 5.74) is 4.49. The Kier molecular flexibility index (Phi) is 5.70. The third-order valence-corrected chi connectivity index (χ3v) is 9.36. The Morgan fingerprint density at radius 3 is 2.79 bits per heavy atom. The minimum Gasteiger partial charge on any atom is -0.348 e. The second-order valence-electron chi connectivity index (χ2n) is 11.9. The third kappa shape index (κ3) is 4.09. The molecular weight excluding hydrogens is 498 g/mol. The van der Waals surface area contributed by atoms with Crippen molar-refractivity contribution >= 4 is 17.3 Å². The molecule has 1 aromatic carbocycles. The molecule has 3 heterocycles. The van der Waals surface area contributed by atoms with E-state index in [4.69, 9.17) is 0 Å². The first kappa shape index (κ1) is 24.6. The van der Waals surface area contributed by atoms with Crippen LogP contribution in [0.4, 0.5) is 8.78 Å². The molecule has 202 valence electrons. The van der Waals surface area contributed by atoms with Gasteiger partial charge in [0.15, 0.2) is 0 Å². The number of aromatic nitrogens is 2. The number of hydrogen-bond donors (Lipinski definition) is 1. The van der Waals surface area contributed by atoms with Gasteiger partial charge in [0.05, 0.1) is 22.5 Å². The number of benzene rings is 1. The van der Waals surface area contributed by atoms with Gasteiger partial charge in [0.1, 0.15) is 11.6 Å². The molecule has 5 aliphatic rings. The Labute approximate surface area is 226 Å². The Morgan fingerprint density at radius 2 is 2.00 bits per heavy atom. The SMILES string of the molecule is Cn1cc2c(n1)CCC(C1=NN=C3C=CC(C(=O)NC4CC5CC4N(Cc4c(F)cccc4F)C5)=CC31C)C2. The van der Waals surface area contributed by atoms with Gasteiger partial charge in [0.2, 0.25) is 0 Å². The Bertz CT molecular complexity index is 1470. The monoisotopic (exact) mass is 530 g/mol. The molecule has 2 bridgehead atoms. The van der Waals surface area contributed by atoms with Crippen molar-refractivity contribution in [3.05, 3.63) is 76.7 Å². The highest BCUT2D eigenvalue weighted by atomic mass is 19.1. The number of carbonyl (C=O) groups is 1. The van der Waals surface area contributed by atoms with Crippen molar-refractivity contribution in [3.8, 4) is 0 Å². The molecule has 5 unspecified atom stereocenters. The van der Waals surface area contributed by atoms with Gasteiger partial charge < -0.3 is 5.32 Å². The van der Waals surface area contributed by atoms with E-state index >= 15 is 0 Å². The largest absolute Gasteiger partial charge is 0.348 e. The Hall–Kier alpha value is -3.46. The van der Waals surface area contributed by atoms with E-state index in [-0.39, 0.29) is 36.0 Å². The molecule has 1 saturated heterocycles. The smallest absolute Gasteiger partial charge is 0.251 e. The lowest BCUT2D eigenvalue weighted by molar-refractivity contribution is -0.118. The van der Waals surface area contributed by atoms with Crippen molar-refractivity contribution in [2.75, 3.05) is 6.54 Å². The summed E-state index contributed by atoms with van der Waals surface area (Å²) in [7, 11) is 1.95. The van der Waals surface area contributed by atoms with Gasteiger partial charge in [-0.1, -0.05) is 12.1 Å². The maximum Gasteiger partial charge on any atom is 0.251 e. The van der Waals surface area contributed by atoms with Crippen LogP contribution in [0.2, 0.25) is 0 Å². The van der Waals surface area contributed by atoms with E-state index in [1.807, 2.05) is 30.0 Å². The van der Waals surface area contributed by atoms with Crippen LogP contribution in [0.15, 0.2) is 58.4 Å². The molecule has 0 spiro atoms. The van der Waals surface area contributed by atoms with Crippen LogP contribution in [0.1, 0.15) is 43.0 Å². The lowest BCUT2D eigenvalue weighted by Crippen LogP contribution is -2.50. The van der Waals surface area contributed by atoms with Crippen molar-refractivity contribution < 1.29 is 13.6 Å². The van der Waals surface area contributed by atoms with Gasteiger partial charge in [-0.2, -0.15) is 15.3 Å². The first-order chi connectivity index (χ1) is 18.8. The molecule has 1 amide bonds. The second kappa shape index (κ2) is 9.05. The number of hydrogen-bond acceptors (Lipinski definition) is 5. The van der Waals surface area contributed by atoms with Crippen LogP contribution >= 0.6 is 0 Å². The average Bonchev–Trinajstić information content (AvgIpc) is 3.66. The van der Waals surface area contributed by atoms with Gasteiger partial charge in [-0.25, -0.2) is 8.78 Å². The van der Waals surface area contributed by atoms with E-state index in [0.717, 1.165) is 55.8 Å². The fraction of sp³-hybridized carbons (Fsp3) is 0.467. The number of allylic oxidation sites excluding steroid dienone is 2. The van der Waals surface area contributed by atoms with E-state index < -0.39 is 17.0 Å². The number of carbonyl (C=O) groups excluding carboxylic acids is 1. The maximum absolute atomic E-state index is 14.3. The summed E-state index contributed by atoms with van der Waals surface area (Å²) < 4.78 is 30.5. The fourth-order valence-electron chi connectivity index (χ4n) is 7.47. The van der Waals surface area contributed by atoms with Crippen LogP contribution in [0.3, 0.4) is 0 Å². The number of aryl methyl sites for hydroxylation is 2. The molecule has 39 heavy (non-hydrogen) atoms. The fourth-order valence-corrected chi connectivity index (χ4v) is 7.47. The van der Waals surface area contributed by atoms with E-state index in [1.165, 1.54) is 23.8 Å².